The molecule has 2 fully saturated rings. The Labute approximate surface area is 221 Å². The summed E-state index contributed by atoms with van der Waals surface area (Å²) < 4.78 is 31.6. The molecule has 0 bridgehead atoms. The third-order valence-corrected chi connectivity index (χ3v) is 6.97. The van der Waals surface area contributed by atoms with Crippen LogP contribution in [0.2, 0.25) is 0 Å². The van der Waals surface area contributed by atoms with Gasteiger partial charge in [0.05, 0.1) is 23.3 Å². The first-order valence-corrected chi connectivity index (χ1v) is 13.6. The maximum Gasteiger partial charge on any atom is 0.394 e. The van der Waals surface area contributed by atoms with Crippen molar-refractivity contribution in [2.24, 2.45) is 0 Å². The van der Waals surface area contributed by atoms with Crippen molar-refractivity contribution in [3.05, 3.63) is 58.8 Å². The molecule has 4 N–H and O–H groups in total. The van der Waals surface area contributed by atoms with Gasteiger partial charge in [-0.1, -0.05) is 6.92 Å². The van der Waals surface area contributed by atoms with Crippen molar-refractivity contribution < 1.29 is 27.1 Å². The number of carbonyl (C=O) groups is 1. The van der Waals surface area contributed by atoms with Crippen LogP contribution in [0.3, 0.4) is 0 Å². The fourth-order valence-corrected chi connectivity index (χ4v) is 5.03. The third kappa shape index (κ3) is 6.26. The third-order valence-electron chi connectivity index (χ3n) is 6.97. The van der Waals surface area contributed by atoms with Crippen LogP contribution in [0.5, 0.6) is 0 Å². The Kier molecular flexibility index (Phi) is 8.24. The highest BCUT2D eigenvalue weighted by molar-refractivity contribution is 7.79. The van der Waals surface area contributed by atoms with Gasteiger partial charge in [0.2, 0.25) is 0 Å². The van der Waals surface area contributed by atoms with Crippen molar-refractivity contribution in [1.29, 1.82) is 0 Å². The summed E-state index contributed by atoms with van der Waals surface area (Å²) >= 11 is 0. The number of pyridine rings is 2. The first-order chi connectivity index (χ1) is 18.1. The fourth-order valence-electron chi connectivity index (χ4n) is 5.03. The van der Waals surface area contributed by atoms with Crippen LogP contribution in [0.25, 0.3) is 6.08 Å². The number of nitrogens with zero attached hydrogens (tertiary/aromatic N) is 4. The second-order valence-corrected chi connectivity index (χ2v) is 10.1. The summed E-state index contributed by atoms with van der Waals surface area (Å²) in [6.07, 6.45) is 8.81. The van der Waals surface area contributed by atoms with Crippen molar-refractivity contribution in [3.8, 4) is 0 Å². The lowest BCUT2D eigenvalue weighted by atomic mass is 9.81. The molecule has 2 aliphatic heterocycles. The van der Waals surface area contributed by atoms with E-state index in [2.05, 4.69) is 36.5 Å². The number of piperazine rings is 1. The van der Waals surface area contributed by atoms with Crippen LogP contribution in [0, 0.1) is 0 Å². The Morgan fingerprint density at radius 3 is 2.50 bits per heavy atom. The summed E-state index contributed by atoms with van der Waals surface area (Å²) in [6, 6.07) is 6.83. The molecule has 2 atom stereocenters. The zero-order valence-electron chi connectivity index (χ0n) is 21.1. The zero-order valence-corrected chi connectivity index (χ0v) is 21.9. The van der Waals surface area contributed by atoms with Crippen molar-refractivity contribution in [3.63, 3.8) is 0 Å². The minimum Gasteiger partial charge on any atom is -0.364 e. The molecule has 2 aromatic rings. The molecule has 13 heteroatoms. The summed E-state index contributed by atoms with van der Waals surface area (Å²) in [5.74, 6) is 1.85. The van der Waals surface area contributed by atoms with Gasteiger partial charge in [-0.25, -0.2) is 9.78 Å². The van der Waals surface area contributed by atoms with Gasteiger partial charge in [-0.15, -0.1) is 0 Å². The van der Waals surface area contributed by atoms with E-state index in [0.29, 0.717) is 23.5 Å². The molecule has 0 radical (unpaired) electrons. The van der Waals surface area contributed by atoms with Crippen molar-refractivity contribution in [1.82, 2.24) is 20.2 Å². The van der Waals surface area contributed by atoms with Gasteiger partial charge in [0, 0.05) is 45.0 Å². The van der Waals surface area contributed by atoms with Crippen LogP contribution in [0.1, 0.15) is 47.9 Å². The summed E-state index contributed by atoms with van der Waals surface area (Å²) in [4.78, 5) is 37.0. The van der Waals surface area contributed by atoms with E-state index in [1.54, 1.807) is 13.1 Å². The van der Waals surface area contributed by atoms with Crippen molar-refractivity contribution >= 4 is 39.7 Å². The van der Waals surface area contributed by atoms with Crippen LogP contribution in [-0.2, 0) is 21.7 Å². The predicted molar refractivity (Wildman–Crippen MR) is 142 cm³/mol. The molecule has 1 aliphatic carbocycles. The van der Waals surface area contributed by atoms with Gasteiger partial charge in [-0.2, -0.15) is 8.42 Å². The standard InChI is InChI=1S/C25H28N6O2.H2O4S/c1-3-17-11-20-21(29-22(17)15-32)10-16(12-27-20)14-30-8-9-31(24-7-6-23(24)30)18-4-5-19(28-13-18)25(33)26-2;1-5(2,3)4/h4-5,10-13,23-24,29H,3,6-9,14H2,1-2H3,(H,26,33);(H2,1,2,3,4)/t23-,24+;/m1./s1. The minimum atomic E-state index is -4.67. The molecule has 0 spiro atoms. The largest absolute Gasteiger partial charge is 0.394 e. The van der Waals surface area contributed by atoms with Crippen LogP contribution >= 0.6 is 0 Å². The van der Waals surface area contributed by atoms with Gasteiger partial charge in [0.25, 0.3) is 5.91 Å². The highest BCUT2D eigenvalue weighted by atomic mass is 32.3. The molecule has 2 aromatic heterocycles. The number of amides is 1. The second-order valence-electron chi connectivity index (χ2n) is 9.21. The normalized spacial score (nSPS) is 20.4. The van der Waals surface area contributed by atoms with E-state index in [1.165, 1.54) is 6.42 Å². The molecule has 202 valence electrons. The fraction of sp³-hybridized carbons (Fsp3) is 0.400. The maximum absolute atomic E-state index is 11.8. The minimum absolute atomic E-state index is 0.168. The topological polar surface area (TPSA) is 165 Å². The Hall–Kier alpha value is -3.61. The van der Waals surface area contributed by atoms with E-state index < -0.39 is 10.4 Å². The lowest BCUT2D eigenvalue weighted by Crippen LogP contribution is -2.64. The van der Waals surface area contributed by atoms with Crippen LogP contribution in [0.15, 0.2) is 41.9 Å². The number of rotatable bonds is 5. The first kappa shape index (κ1) is 27.4. The molecule has 3 aliphatic rings. The summed E-state index contributed by atoms with van der Waals surface area (Å²) in [5.41, 5.74) is 5.82. The van der Waals surface area contributed by atoms with E-state index in [4.69, 9.17) is 17.5 Å². The Balaban J connectivity index is 0.000000617. The zero-order chi connectivity index (χ0) is 27.4. The molecule has 1 saturated heterocycles. The number of aromatic nitrogens is 2. The molecular formula is C25H30N6O6S. The maximum atomic E-state index is 11.8. The monoisotopic (exact) mass is 542 g/mol. The lowest BCUT2D eigenvalue weighted by Gasteiger charge is -2.54. The van der Waals surface area contributed by atoms with E-state index in [0.717, 1.165) is 60.7 Å². The highest BCUT2D eigenvalue weighted by Crippen LogP contribution is 2.37. The van der Waals surface area contributed by atoms with Crippen molar-refractivity contribution in [2.45, 2.75) is 44.8 Å². The average Bonchev–Trinajstić information content (AvgIpc) is 2.87. The van der Waals surface area contributed by atoms with Crippen molar-refractivity contribution in [2.75, 3.05) is 30.4 Å². The number of anilines is 2. The number of fused-ring (bicyclic) bond motifs is 2. The number of hydrogen-bond acceptors (Lipinski definition) is 9. The Morgan fingerprint density at radius 1 is 1.18 bits per heavy atom. The molecule has 12 nitrogen and oxygen atoms in total. The van der Waals surface area contributed by atoms with Gasteiger partial charge in [-0.3, -0.25) is 23.8 Å². The number of allylic oxidation sites excluding steroid dienone is 1. The van der Waals surface area contributed by atoms with E-state index in [9.17, 15) is 9.59 Å². The first-order valence-electron chi connectivity index (χ1n) is 12.2. The van der Waals surface area contributed by atoms with Crippen LogP contribution in [0.4, 0.5) is 11.4 Å². The van der Waals surface area contributed by atoms with E-state index >= 15 is 0 Å². The van der Waals surface area contributed by atoms with Gasteiger partial charge in [-0.05, 0) is 54.7 Å². The number of nitrogens with one attached hydrogen (secondary N) is 2. The van der Waals surface area contributed by atoms with Gasteiger partial charge >= 0.3 is 10.4 Å². The SMILES string of the molecule is CCC1=Cc2ncc(CN3CCN(c4ccc(C(=O)NC)nc4)[C@H]4CC[C@H]43)cc2NC1=C=O.O=S(=O)(O)O. The van der Waals surface area contributed by atoms with E-state index in [-0.39, 0.29) is 5.91 Å². The van der Waals surface area contributed by atoms with Crippen LogP contribution < -0.4 is 15.5 Å². The van der Waals surface area contributed by atoms with E-state index in [1.807, 2.05) is 37.4 Å². The summed E-state index contributed by atoms with van der Waals surface area (Å²) in [5, 5.41) is 5.82. The predicted octanol–water partition coefficient (Wildman–Crippen LogP) is 1.97. The highest BCUT2D eigenvalue weighted by Gasteiger charge is 2.43. The van der Waals surface area contributed by atoms with Gasteiger partial charge in [0.15, 0.2) is 5.94 Å². The van der Waals surface area contributed by atoms with Crippen LogP contribution in [-0.4, -0.2) is 76.5 Å². The lowest BCUT2D eigenvalue weighted by molar-refractivity contribution is 0.0658. The smallest absolute Gasteiger partial charge is 0.364 e. The number of carbonyl (C=O) groups excluding carboxylic acids is 2. The molecule has 1 saturated carbocycles. The average molecular weight is 543 g/mol. The molecule has 0 unspecified atom stereocenters. The molecule has 0 aromatic carbocycles. The second kappa shape index (κ2) is 11.4. The quantitative estimate of drug-likeness (QED) is 0.322. The Morgan fingerprint density at radius 2 is 1.92 bits per heavy atom. The molecular weight excluding hydrogens is 512 g/mol. The molecule has 4 heterocycles. The summed E-state index contributed by atoms with van der Waals surface area (Å²) in [7, 11) is -3.05. The Bertz CT molecular complexity index is 1380. The summed E-state index contributed by atoms with van der Waals surface area (Å²) in [6.45, 7) is 4.71. The van der Waals surface area contributed by atoms with Gasteiger partial charge in [0.1, 0.15) is 11.4 Å². The molecule has 38 heavy (non-hydrogen) atoms. The van der Waals surface area contributed by atoms with Gasteiger partial charge < -0.3 is 15.5 Å². The molecule has 5 rings (SSSR count). The number of hydrogen-bond donors (Lipinski definition) is 4. The molecule has 1 amide bonds.